The molecule has 0 aromatic heterocycles. The van der Waals surface area contributed by atoms with Crippen LogP contribution in [0.25, 0.3) is 0 Å². The molecule has 0 bridgehead atoms. The lowest BCUT2D eigenvalue weighted by Gasteiger charge is -2.28. The zero-order valence-electron chi connectivity index (χ0n) is 13.5. The third-order valence-electron chi connectivity index (χ3n) is 4.03. The molecule has 0 heterocycles. The quantitative estimate of drug-likeness (QED) is 0.811. The summed E-state index contributed by atoms with van der Waals surface area (Å²) in [5.74, 6) is 0.312. The van der Waals surface area contributed by atoms with Gasteiger partial charge in [-0.1, -0.05) is 31.5 Å². The van der Waals surface area contributed by atoms with E-state index in [9.17, 15) is 9.90 Å². The topological polar surface area (TPSA) is 66.6 Å². The van der Waals surface area contributed by atoms with Crippen LogP contribution in [0.2, 0.25) is 0 Å². The molecule has 0 aliphatic heterocycles. The van der Waals surface area contributed by atoms with Crippen LogP contribution in [0.5, 0.6) is 5.75 Å². The van der Waals surface area contributed by atoms with Gasteiger partial charge in [0, 0.05) is 24.6 Å². The van der Waals surface area contributed by atoms with Gasteiger partial charge in [-0.25, -0.2) is 0 Å². The SMILES string of the molecule is CC(N)CCCC(C)C(=O)N(C)C(C)c1ccccc1O. The molecule has 1 aromatic rings. The summed E-state index contributed by atoms with van der Waals surface area (Å²) >= 11 is 0. The average Bonchev–Trinajstić information content (AvgIpc) is 2.45. The maximum Gasteiger partial charge on any atom is 0.225 e. The number of phenolic OH excluding ortho intramolecular Hbond substituents is 1. The molecule has 21 heavy (non-hydrogen) atoms. The Kier molecular flexibility index (Phi) is 6.69. The number of rotatable bonds is 7. The van der Waals surface area contributed by atoms with E-state index in [0.717, 1.165) is 24.8 Å². The van der Waals surface area contributed by atoms with Crippen LogP contribution in [0, 0.1) is 5.92 Å². The van der Waals surface area contributed by atoms with Gasteiger partial charge in [0.1, 0.15) is 5.75 Å². The van der Waals surface area contributed by atoms with Crippen molar-refractivity contribution in [2.75, 3.05) is 7.05 Å². The predicted molar refractivity (Wildman–Crippen MR) is 86.0 cm³/mol. The molecule has 4 heteroatoms. The van der Waals surface area contributed by atoms with Crippen LogP contribution in [-0.4, -0.2) is 29.0 Å². The molecular formula is C17H28N2O2. The van der Waals surface area contributed by atoms with E-state index < -0.39 is 0 Å². The number of benzene rings is 1. The minimum Gasteiger partial charge on any atom is -0.508 e. The first kappa shape index (κ1) is 17.5. The van der Waals surface area contributed by atoms with Gasteiger partial charge in [0.15, 0.2) is 0 Å². The molecule has 3 atom stereocenters. The highest BCUT2D eigenvalue weighted by Gasteiger charge is 2.23. The number of aromatic hydroxyl groups is 1. The summed E-state index contributed by atoms with van der Waals surface area (Å²) < 4.78 is 0. The number of carbonyl (C=O) groups is 1. The molecule has 0 radical (unpaired) electrons. The summed E-state index contributed by atoms with van der Waals surface area (Å²) in [5, 5.41) is 9.90. The van der Waals surface area contributed by atoms with Crippen LogP contribution >= 0.6 is 0 Å². The Morgan fingerprint density at radius 1 is 1.24 bits per heavy atom. The van der Waals surface area contributed by atoms with E-state index in [4.69, 9.17) is 5.73 Å². The fourth-order valence-electron chi connectivity index (χ4n) is 2.46. The number of nitrogens with zero attached hydrogens (tertiary/aromatic N) is 1. The Labute approximate surface area is 128 Å². The van der Waals surface area contributed by atoms with Crippen molar-refractivity contribution in [3.8, 4) is 5.75 Å². The molecule has 118 valence electrons. The Bertz CT molecular complexity index is 460. The number of hydrogen-bond donors (Lipinski definition) is 2. The minimum absolute atomic E-state index is 0.0259. The zero-order valence-corrected chi connectivity index (χ0v) is 13.5. The first-order chi connectivity index (χ1) is 9.84. The third kappa shape index (κ3) is 5.05. The second kappa shape index (κ2) is 8.03. The van der Waals surface area contributed by atoms with Crippen LogP contribution in [0.4, 0.5) is 0 Å². The molecule has 0 saturated heterocycles. The molecule has 0 spiro atoms. The summed E-state index contributed by atoms with van der Waals surface area (Å²) in [7, 11) is 1.79. The molecule has 0 aliphatic carbocycles. The van der Waals surface area contributed by atoms with Gasteiger partial charge >= 0.3 is 0 Å². The normalized spacial score (nSPS) is 15.3. The third-order valence-corrected chi connectivity index (χ3v) is 4.03. The van der Waals surface area contributed by atoms with Crippen molar-refractivity contribution in [1.82, 2.24) is 4.90 Å². The molecule has 1 amide bonds. The Morgan fingerprint density at radius 2 is 1.86 bits per heavy atom. The van der Waals surface area contributed by atoms with Gasteiger partial charge in [0.2, 0.25) is 5.91 Å². The Hall–Kier alpha value is -1.55. The van der Waals surface area contributed by atoms with Gasteiger partial charge in [0.05, 0.1) is 6.04 Å². The average molecular weight is 292 g/mol. The highest BCUT2D eigenvalue weighted by molar-refractivity contribution is 5.78. The van der Waals surface area contributed by atoms with E-state index in [2.05, 4.69) is 0 Å². The number of nitrogens with two attached hydrogens (primary N) is 1. The predicted octanol–water partition coefficient (Wildman–Crippen LogP) is 3.07. The second-order valence-electron chi connectivity index (χ2n) is 5.99. The van der Waals surface area contributed by atoms with Gasteiger partial charge in [-0.15, -0.1) is 0 Å². The van der Waals surface area contributed by atoms with Gasteiger partial charge < -0.3 is 15.7 Å². The van der Waals surface area contributed by atoms with Crippen LogP contribution < -0.4 is 5.73 Å². The Balaban J connectivity index is 2.63. The molecular weight excluding hydrogens is 264 g/mol. The first-order valence-electron chi connectivity index (χ1n) is 7.64. The van der Waals surface area contributed by atoms with Crippen LogP contribution in [0.3, 0.4) is 0 Å². The monoisotopic (exact) mass is 292 g/mol. The lowest BCUT2D eigenvalue weighted by molar-refractivity contribution is -0.135. The minimum atomic E-state index is -0.144. The summed E-state index contributed by atoms with van der Waals surface area (Å²) in [5.41, 5.74) is 6.51. The zero-order chi connectivity index (χ0) is 16.0. The number of hydrogen-bond acceptors (Lipinski definition) is 3. The number of para-hydroxylation sites is 1. The second-order valence-corrected chi connectivity index (χ2v) is 5.99. The fraction of sp³-hybridized carbons (Fsp3) is 0.588. The van der Waals surface area contributed by atoms with Crippen molar-refractivity contribution in [3.63, 3.8) is 0 Å². The van der Waals surface area contributed by atoms with Crippen molar-refractivity contribution in [1.29, 1.82) is 0 Å². The maximum atomic E-state index is 12.5. The van der Waals surface area contributed by atoms with E-state index in [-0.39, 0.29) is 29.7 Å². The van der Waals surface area contributed by atoms with Crippen molar-refractivity contribution in [3.05, 3.63) is 29.8 Å². The number of carbonyl (C=O) groups excluding carboxylic acids is 1. The van der Waals surface area contributed by atoms with Crippen molar-refractivity contribution < 1.29 is 9.90 Å². The number of phenols is 1. The smallest absolute Gasteiger partial charge is 0.225 e. The highest BCUT2D eigenvalue weighted by atomic mass is 16.3. The van der Waals surface area contributed by atoms with Gasteiger partial charge in [-0.2, -0.15) is 0 Å². The molecule has 1 aromatic carbocycles. The molecule has 3 N–H and O–H groups in total. The fourth-order valence-corrected chi connectivity index (χ4v) is 2.46. The van der Waals surface area contributed by atoms with Crippen LogP contribution in [0.1, 0.15) is 51.6 Å². The molecule has 4 nitrogen and oxygen atoms in total. The van der Waals surface area contributed by atoms with E-state index >= 15 is 0 Å². The summed E-state index contributed by atoms with van der Waals surface area (Å²) in [6.45, 7) is 5.87. The molecule has 0 fully saturated rings. The van der Waals surface area contributed by atoms with Crippen molar-refractivity contribution >= 4 is 5.91 Å². The molecule has 3 unspecified atom stereocenters. The van der Waals surface area contributed by atoms with Crippen molar-refractivity contribution in [2.45, 2.75) is 52.1 Å². The van der Waals surface area contributed by atoms with Gasteiger partial charge in [-0.05, 0) is 32.8 Å². The van der Waals surface area contributed by atoms with E-state index in [1.54, 1.807) is 24.1 Å². The lowest BCUT2D eigenvalue weighted by Crippen LogP contribution is -2.34. The Morgan fingerprint density at radius 3 is 2.43 bits per heavy atom. The number of amides is 1. The van der Waals surface area contributed by atoms with Crippen LogP contribution in [-0.2, 0) is 4.79 Å². The first-order valence-corrected chi connectivity index (χ1v) is 7.64. The van der Waals surface area contributed by atoms with Crippen molar-refractivity contribution in [2.24, 2.45) is 11.7 Å². The largest absolute Gasteiger partial charge is 0.508 e. The highest BCUT2D eigenvalue weighted by Crippen LogP contribution is 2.28. The van der Waals surface area contributed by atoms with E-state index in [0.29, 0.717) is 0 Å². The standard InChI is InChI=1S/C17H28N2O2/c1-12(8-7-9-13(2)18)17(21)19(4)14(3)15-10-5-6-11-16(15)20/h5-6,10-14,20H,7-9,18H2,1-4H3. The van der Waals surface area contributed by atoms with E-state index in [1.807, 2.05) is 32.9 Å². The lowest BCUT2D eigenvalue weighted by atomic mass is 9.99. The molecule has 1 rings (SSSR count). The van der Waals surface area contributed by atoms with Gasteiger partial charge in [-0.3, -0.25) is 4.79 Å². The summed E-state index contributed by atoms with van der Waals surface area (Å²) in [4.78, 5) is 14.2. The molecule has 0 saturated carbocycles. The van der Waals surface area contributed by atoms with E-state index in [1.165, 1.54) is 0 Å². The molecule has 0 aliphatic rings. The maximum absolute atomic E-state index is 12.5. The van der Waals surface area contributed by atoms with Crippen LogP contribution in [0.15, 0.2) is 24.3 Å². The van der Waals surface area contributed by atoms with Gasteiger partial charge in [0.25, 0.3) is 0 Å². The summed E-state index contributed by atoms with van der Waals surface area (Å²) in [6.07, 6.45) is 2.75. The summed E-state index contributed by atoms with van der Waals surface area (Å²) in [6, 6.07) is 7.19.